The van der Waals surface area contributed by atoms with Crippen molar-refractivity contribution in [1.82, 2.24) is 0 Å². The fraction of sp³-hybridized carbons (Fsp3) is 0.545. The number of ether oxygens (including phenoxy) is 1. The Bertz CT molecular complexity index is 1020. The first-order valence-corrected chi connectivity index (χ1v) is 17.6. The van der Waals surface area contributed by atoms with Gasteiger partial charge in [0.25, 0.3) is 0 Å². The quantitative estimate of drug-likeness (QED) is 0.125. The number of carbonyl (C=O) groups excluding carboxylic acids is 1. The van der Waals surface area contributed by atoms with E-state index in [2.05, 4.69) is 69.1 Å². The van der Waals surface area contributed by atoms with E-state index in [0.717, 1.165) is 29.5 Å². The SMILES string of the molecule is C=C(C)C(=O)OCc1cc(-c2ccc(C3CCC(CCCCC)CC3)cc2)ccc1[Si](C)(C)CCCO. The molecule has 202 valence electrons. The molecule has 0 spiro atoms. The monoisotopic (exact) mass is 520 g/mol. The number of esters is 1. The molecule has 3 rings (SSSR count). The molecule has 2 aromatic carbocycles. The van der Waals surface area contributed by atoms with Gasteiger partial charge < -0.3 is 9.84 Å². The number of aliphatic hydroxyl groups excluding tert-OH is 1. The highest BCUT2D eigenvalue weighted by molar-refractivity contribution is 6.90. The van der Waals surface area contributed by atoms with E-state index in [1.807, 2.05) is 0 Å². The maximum absolute atomic E-state index is 12.1. The Morgan fingerprint density at radius 2 is 1.68 bits per heavy atom. The van der Waals surface area contributed by atoms with Crippen LogP contribution in [0.15, 0.2) is 54.6 Å². The second-order valence-electron chi connectivity index (χ2n) is 11.8. The number of carbonyl (C=O) groups is 1. The molecule has 2 aromatic rings. The number of benzene rings is 2. The van der Waals surface area contributed by atoms with Gasteiger partial charge in [0.15, 0.2) is 0 Å². The Kier molecular flexibility index (Phi) is 11.2. The van der Waals surface area contributed by atoms with E-state index in [1.54, 1.807) is 6.92 Å². The number of unbranched alkanes of at least 4 members (excludes halogenated alkanes) is 2. The van der Waals surface area contributed by atoms with Crippen molar-refractivity contribution in [1.29, 1.82) is 0 Å². The van der Waals surface area contributed by atoms with E-state index < -0.39 is 8.07 Å². The summed E-state index contributed by atoms with van der Waals surface area (Å²) in [6.07, 6.45) is 11.7. The van der Waals surface area contributed by atoms with Gasteiger partial charge in [-0.05, 0) is 79.2 Å². The Hall–Kier alpha value is -2.17. The summed E-state index contributed by atoms with van der Waals surface area (Å²) in [6.45, 7) is 12.8. The first-order chi connectivity index (χ1) is 17.7. The van der Waals surface area contributed by atoms with Gasteiger partial charge in [-0.25, -0.2) is 4.79 Å². The van der Waals surface area contributed by atoms with Crippen molar-refractivity contribution < 1.29 is 14.6 Å². The van der Waals surface area contributed by atoms with Crippen LogP contribution in [-0.2, 0) is 16.1 Å². The van der Waals surface area contributed by atoms with Crippen molar-refractivity contribution in [2.75, 3.05) is 6.61 Å². The molecule has 4 heteroatoms. The molecule has 1 aliphatic carbocycles. The number of hydrogen-bond acceptors (Lipinski definition) is 3. The highest BCUT2D eigenvalue weighted by atomic mass is 28.3. The molecule has 3 nitrogen and oxygen atoms in total. The molecule has 0 heterocycles. The molecule has 1 fully saturated rings. The topological polar surface area (TPSA) is 46.5 Å². The molecule has 37 heavy (non-hydrogen) atoms. The largest absolute Gasteiger partial charge is 0.457 e. The van der Waals surface area contributed by atoms with Gasteiger partial charge in [0.05, 0.1) is 8.07 Å². The van der Waals surface area contributed by atoms with Crippen LogP contribution in [0.3, 0.4) is 0 Å². The zero-order valence-corrected chi connectivity index (χ0v) is 24.7. The maximum Gasteiger partial charge on any atom is 0.333 e. The summed E-state index contributed by atoms with van der Waals surface area (Å²) in [7, 11) is -1.79. The molecular formula is C33H48O3Si. The fourth-order valence-electron chi connectivity index (χ4n) is 5.89. The normalized spacial score (nSPS) is 18.0. The third-order valence-electron chi connectivity index (χ3n) is 8.28. The van der Waals surface area contributed by atoms with E-state index in [4.69, 9.17) is 4.74 Å². The van der Waals surface area contributed by atoms with Crippen LogP contribution in [0.1, 0.15) is 88.7 Å². The van der Waals surface area contributed by atoms with Crippen molar-refractivity contribution in [2.24, 2.45) is 5.92 Å². The van der Waals surface area contributed by atoms with Crippen LogP contribution in [0, 0.1) is 5.92 Å². The summed E-state index contributed by atoms with van der Waals surface area (Å²) < 4.78 is 5.59. The summed E-state index contributed by atoms with van der Waals surface area (Å²) in [5.41, 5.74) is 5.32. The first kappa shape index (κ1) is 29.4. The lowest BCUT2D eigenvalue weighted by atomic mass is 9.77. The molecule has 0 bridgehead atoms. The second kappa shape index (κ2) is 14.1. The van der Waals surface area contributed by atoms with E-state index >= 15 is 0 Å². The van der Waals surface area contributed by atoms with Crippen LogP contribution in [0.2, 0.25) is 19.1 Å². The third kappa shape index (κ3) is 8.41. The molecule has 0 atom stereocenters. The van der Waals surface area contributed by atoms with Crippen LogP contribution in [0.25, 0.3) is 11.1 Å². The maximum atomic E-state index is 12.1. The van der Waals surface area contributed by atoms with Crippen LogP contribution >= 0.6 is 0 Å². The molecule has 1 saturated carbocycles. The molecule has 0 unspecified atom stereocenters. The van der Waals surface area contributed by atoms with Crippen LogP contribution in [0.4, 0.5) is 0 Å². The van der Waals surface area contributed by atoms with E-state index in [1.165, 1.54) is 67.7 Å². The lowest BCUT2D eigenvalue weighted by Crippen LogP contribution is -2.43. The lowest BCUT2D eigenvalue weighted by molar-refractivity contribution is -0.140. The van der Waals surface area contributed by atoms with Crippen molar-refractivity contribution in [3.05, 3.63) is 65.7 Å². The fourth-order valence-corrected chi connectivity index (χ4v) is 8.75. The third-order valence-corrected chi connectivity index (χ3v) is 11.8. The van der Waals surface area contributed by atoms with E-state index in [-0.39, 0.29) is 19.2 Å². The second-order valence-corrected chi connectivity index (χ2v) is 16.6. The zero-order valence-electron chi connectivity index (χ0n) is 23.7. The predicted molar refractivity (Wildman–Crippen MR) is 159 cm³/mol. The average Bonchev–Trinajstić information content (AvgIpc) is 2.91. The molecule has 0 radical (unpaired) electrons. The Morgan fingerprint density at radius 1 is 1.00 bits per heavy atom. The van der Waals surface area contributed by atoms with Gasteiger partial charge >= 0.3 is 5.97 Å². The number of hydrogen-bond donors (Lipinski definition) is 1. The highest BCUT2D eigenvalue weighted by Crippen LogP contribution is 2.38. The molecular weight excluding hydrogens is 472 g/mol. The first-order valence-electron chi connectivity index (χ1n) is 14.4. The van der Waals surface area contributed by atoms with Crippen molar-refractivity contribution >= 4 is 19.2 Å². The minimum absolute atomic E-state index is 0.210. The Labute approximate surface area is 226 Å². The van der Waals surface area contributed by atoms with Crippen molar-refractivity contribution in [3.63, 3.8) is 0 Å². The number of aliphatic hydroxyl groups is 1. The van der Waals surface area contributed by atoms with Gasteiger partial charge in [0, 0.05) is 12.2 Å². The molecule has 0 amide bonds. The summed E-state index contributed by atoms with van der Waals surface area (Å²) >= 11 is 0. The predicted octanol–water partition coefficient (Wildman–Crippen LogP) is 8.12. The standard InChI is InChI=1S/C33H48O3Si/c1-6-7-8-10-26-11-13-27(14-12-26)28-15-17-29(18-16-28)30-19-20-32(37(4,5)22-9-21-34)31(23-30)24-36-33(35)25(2)3/h15-20,23,26-27,34H,2,6-14,21-22,24H2,1,3-5H3. The van der Waals surface area contributed by atoms with Crippen LogP contribution in [0.5, 0.6) is 0 Å². The average molecular weight is 521 g/mol. The minimum atomic E-state index is -1.79. The highest BCUT2D eigenvalue weighted by Gasteiger charge is 2.27. The summed E-state index contributed by atoms with van der Waals surface area (Å²) in [5.74, 6) is 1.27. The van der Waals surface area contributed by atoms with Gasteiger partial charge in [-0.3, -0.25) is 0 Å². The molecule has 1 aliphatic rings. The van der Waals surface area contributed by atoms with Gasteiger partial charge in [0.2, 0.25) is 0 Å². The lowest BCUT2D eigenvalue weighted by Gasteiger charge is -2.29. The van der Waals surface area contributed by atoms with Crippen LogP contribution < -0.4 is 5.19 Å². The minimum Gasteiger partial charge on any atom is -0.457 e. The van der Waals surface area contributed by atoms with Crippen molar-refractivity contribution in [3.8, 4) is 11.1 Å². The molecule has 0 aliphatic heterocycles. The molecule has 0 aromatic heterocycles. The van der Waals surface area contributed by atoms with Gasteiger partial charge in [0.1, 0.15) is 6.61 Å². The van der Waals surface area contributed by atoms with Gasteiger partial charge in [-0.15, -0.1) is 0 Å². The van der Waals surface area contributed by atoms with Gasteiger partial charge in [-0.2, -0.15) is 0 Å². The van der Waals surface area contributed by atoms with Crippen molar-refractivity contribution in [2.45, 2.75) is 103 Å². The summed E-state index contributed by atoms with van der Waals surface area (Å²) in [4.78, 5) is 12.1. The Balaban J connectivity index is 1.75. The molecule has 0 saturated heterocycles. The zero-order chi connectivity index (χ0) is 26.8. The molecule has 1 N–H and O–H groups in total. The Morgan fingerprint density at radius 3 is 2.30 bits per heavy atom. The number of rotatable bonds is 13. The smallest absolute Gasteiger partial charge is 0.333 e. The van der Waals surface area contributed by atoms with E-state index in [9.17, 15) is 9.90 Å². The van der Waals surface area contributed by atoms with Crippen LogP contribution in [-0.4, -0.2) is 25.8 Å². The van der Waals surface area contributed by atoms with E-state index in [0.29, 0.717) is 11.5 Å². The van der Waals surface area contributed by atoms with Gasteiger partial charge in [-0.1, -0.05) is 99.9 Å². The summed E-state index contributed by atoms with van der Waals surface area (Å²) in [5, 5.41) is 10.7. The summed E-state index contributed by atoms with van der Waals surface area (Å²) in [6, 6.07) is 16.8.